The summed E-state index contributed by atoms with van der Waals surface area (Å²) in [6, 6.07) is 0.940. The monoisotopic (exact) mass is 193 g/mol. The van der Waals surface area contributed by atoms with E-state index in [1.807, 2.05) is 0 Å². The molecule has 0 aromatic carbocycles. The van der Waals surface area contributed by atoms with Crippen LogP contribution in [0, 0.1) is 29.6 Å². The number of nitrogens with one attached hydrogen (secondary N) is 1. The number of fused-ring (bicyclic) bond motifs is 5. The van der Waals surface area contributed by atoms with Gasteiger partial charge in [0.25, 0.3) is 0 Å². The van der Waals surface area contributed by atoms with Crippen LogP contribution >= 0.6 is 0 Å². The highest BCUT2D eigenvalue weighted by Crippen LogP contribution is 2.65. The third-order valence-electron chi connectivity index (χ3n) is 5.13. The first-order valence-electron chi connectivity index (χ1n) is 6.54. The molecule has 0 aromatic heterocycles. The average molecular weight is 193 g/mol. The van der Waals surface area contributed by atoms with Crippen LogP contribution in [-0.2, 0) is 0 Å². The first-order valence-corrected chi connectivity index (χ1v) is 6.54. The molecule has 5 unspecified atom stereocenters. The molecule has 3 saturated carbocycles. The molecule has 0 spiro atoms. The van der Waals surface area contributed by atoms with Gasteiger partial charge in [0, 0.05) is 6.04 Å². The van der Waals surface area contributed by atoms with Crippen molar-refractivity contribution in [2.75, 3.05) is 6.54 Å². The molecule has 0 heterocycles. The zero-order valence-corrected chi connectivity index (χ0v) is 9.50. The number of hydrogen-bond donors (Lipinski definition) is 1. The summed E-state index contributed by atoms with van der Waals surface area (Å²) < 4.78 is 0. The summed E-state index contributed by atoms with van der Waals surface area (Å²) in [4.78, 5) is 0. The predicted molar refractivity (Wildman–Crippen MR) is 59.1 cm³/mol. The van der Waals surface area contributed by atoms with Crippen LogP contribution in [-0.4, -0.2) is 12.6 Å². The Hall–Kier alpha value is -0.0400. The number of rotatable bonds is 4. The smallest absolute Gasteiger partial charge is 0.0136 e. The molecule has 1 nitrogen and oxygen atoms in total. The highest BCUT2D eigenvalue weighted by Gasteiger charge is 2.64. The molecule has 0 radical (unpaired) electrons. The van der Waals surface area contributed by atoms with Crippen molar-refractivity contribution < 1.29 is 0 Å². The highest BCUT2D eigenvalue weighted by atomic mass is 15.0. The van der Waals surface area contributed by atoms with Gasteiger partial charge < -0.3 is 5.32 Å². The van der Waals surface area contributed by atoms with E-state index in [1.54, 1.807) is 19.3 Å². The molecule has 3 aliphatic carbocycles. The van der Waals surface area contributed by atoms with E-state index in [2.05, 4.69) is 19.2 Å². The van der Waals surface area contributed by atoms with Crippen molar-refractivity contribution in [3.63, 3.8) is 0 Å². The van der Waals surface area contributed by atoms with Crippen LogP contribution in [0.25, 0.3) is 0 Å². The van der Waals surface area contributed by atoms with E-state index in [9.17, 15) is 0 Å². The van der Waals surface area contributed by atoms with Gasteiger partial charge in [-0.3, -0.25) is 0 Å². The fourth-order valence-electron chi connectivity index (χ4n) is 4.08. The maximum Gasteiger partial charge on any atom is 0.0136 e. The predicted octanol–water partition coefficient (Wildman–Crippen LogP) is 2.67. The molecular weight excluding hydrogens is 170 g/mol. The topological polar surface area (TPSA) is 12.0 Å². The van der Waals surface area contributed by atoms with Crippen molar-refractivity contribution in [3.8, 4) is 0 Å². The third-order valence-corrected chi connectivity index (χ3v) is 5.13. The van der Waals surface area contributed by atoms with E-state index in [1.165, 1.54) is 13.0 Å². The second-order valence-corrected chi connectivity index (χ2v) is 5.94. The van der Waals surface area contributed by atoms with Gasteiger partial charge in [0.2, 0.25) is 0 Å². The minimum absolute atomic E-state index is 0.869. The van der Waals surface area contributed by atoms with Gasteiger partial charge in [0.05, 0.1) is 0 Å². The first kappa shape index (κ1) is 9.21. The van der Waals surface area contributed by atoms with Crippen molar-refractivity contribution in [1.29, 1.82) is 0 Å². The maximum atomic E-state index is 3.81. The molecule has 3 rings (SSSR count). The van der Waals surface area contributed by atoms with Gasteiger partial charge >= 0.3 is 0 Å². The Morgan fingerprint density at radius 2 is 1.86 bits per heavy atom. The molecule has 3 aliphatic rings. The second kappa shape index (κ2) is 3.23. The molecule has 3 fully saturated rings. The van der Waals surface area contributed by atoms with Gasteiger partial charge in [-0.1, -0.05) is 20.3 Å². The molecule has 2 bridgehead atoms. The van der Waals surface area contributed by atoms with E-state index >= 15 is 0 Å². The minimum atomic E-state index is 0.869. The molecule has 1 heteroatoms. The van der Waals surface area contributed by atoms with Crippen molar-refractivity contribution in [3.05, 3.63) is 0 Å². The Bertz CT molecular complexity index is 209. The fourth-order valence-corrected chi connectivity index (χ4v) is 4.08. The van der Waals surface area contributed by atoms with Crippen LogP contribution in [0.3, 0.4) is 0 Å². The summed E-state index contributed by atoms with van der Waals surface area (Å²) in [6.07, 6.45) is 6.00. The van der Waals surface area contributed by atoms with E-state index in [4.69, 9.17) is 0 Å². The Morgan fingerprint density at radius 3 is 2.43 bits per heavy atom. The quantitative estimate of drug-likeness (QED) is 0.724. The molecule has 0 saturated heterocycles. The van der Waals surface area contributed by atoms with Crippen LogP contribution in [0.15, 0.2) is 0 Å². The van der Waals surface area contributed by atoms with Crippen molar-refractivity contribution in [2.45, 2.75) is 45.6 Å². The minimum Gasteiger partial charge on any atom is -0.313 e. The van der Waals surface area contributed by atoms with Crippen molar-refractivity contribution >= 4 is 0 Å². The van der Waals surface area contributed by atoms with Gasteiger partial charge in [0.1, 0.15) is 0 Å². The zero-order valence-electron chi connectivity index (χ0n) is 9.50. The van der Waals surface area contributed by atoms with Crippen LogP contribution in [0.2, 0.25) is 0 Å². The fraction of sp³-hybridized carbons (Fsp3) is 1.00. The number of hydrogen-bond acceptors (Lipinski definition) is 1. The van der Waals surface area contributed by atoms with Crippen LogP contribution in [0.5, 0.6) is 0 Å². The van der Waals surface area contributed by atoms with Crippen LogP contribution in [0.1, 0.15) is 39.5 Å². The van der Waals surface area contributed by atoms with Crippen LogP contribution < -0.4 is 5.32 Å². The van der Waals surface area contributed by atoms with E-state index in [-0.39, 0.29) is 0 Å². The third kappa shape index (κ3) is 1.25. The van der Waals surface area contributed by atoms with Gasteiger partial charge in [-0.15, -0.1) is 0 Å². The van der Waals surface area contributed by atoms with Crippen molar-refractivity contribution in [1.82, 2.24) is 5.32 Å². The van der Waals surface area contributed by atoms with Gasteiger partial charge in [0.15, 0.2) is 0 Å². The molecule has 0 amide bonds. The Labute approximate surface area is 87.7 Å². The molecule has 80 valence electrons. The summed E-state index contributed by atoms with van der Waals surface area (Å²) in [7, 11) is 0. The summed E-state index contributed by atoms with van der Waals surface area (Å²) in [5.74, 6) is 5.34. The zero-order chi connectivity index (χ0) is 9.71. The highest BCUT2D eigenvalue weighted by molar-refractivity contribution is 5.16. The largest absolute Gasteiger partial charge is 0.313 e. The van der Waals surface area contributed by atoms with Gasteiger partial charge in [-0.05, 0) is 55.4 Å². The SMILES string of the molecule is CCC(C)CNC1C2C3CCC(C3)C12. The lowest BCUT2D eigenvalue weighted by molar-refractivity contribution is 0.425. The molecule has 1 N–H and O–H groups in total. The maximum absolute atomic E-state index is 3.81. The Kier molecular flexibility index (Phi) is 2.12. The molecule has 14 heavy (non-hydrogen) atoms. The summed E-state index contributed by atoms with van der Waals surface area (Å²) in [5, 5.41) is 3.81. The van der Waals surface area contributed by atoms with E-state index in [0.29, 0.717) is 0 Å². The molecule has 0 aromatic rings. The Morgan fingerprint density at radius 1 is 1.21 bits per heavy atom. The normalized spacial score (nSPS) is 50.6. The second-order valence-electron chi connectivity index (χ2n) is 5.94. The Balaban J connectivity index is 1.50. The van der Waals surface area contributed by atoms with E-state index in [0.717, 1.165) is 35.6 Å². The summed E-state index contributed by atoms with van der Waals surface area (Å²) in [6.45, 7) is 5.91. The van der Waals surface area contributed by atoms with E-state index < -0.39 is 0 Å². The van der Waals surface area contributed by atoms with Crippen LogP contribution in [0.4, 0.5) is 0 Å². The van der Waals surface area contributed by atoms with Crippen molar-refractivity contribution in [2.24, 2.45) is 29.6 Å². The summed E-state index contributed by atoms with van der Waals surface area (Å²) in [5.41, 5.74) is 0. The lowest BCUT2D eigenvalue weighted by atomic mass is 10.0. The van der Waals surface area contributed by atoms with Gasteiger partial charge in [-0.25, -0.2) is 0 Å². The standard InChI is InChI=1S/C13H23N/c1-3-8(2)7-14-13-11-9-4-5-10(6-9)12(11)13/h8-14H,3-7H2,1-2H3. The lowest BCUT2D eigenvalue weighted by Gasteiger charge is -2.13. The summed E-state index contributed by atoms with van der Waals surface area (Å²) >= 11 is 0. The van der Waals surface area contributed by atoms with Gasteiger partial charge in [-0.2, -0.15) is 0 Å². The molecule has 0 aliphatic heterocycles. The first-order chi connectivity index (χ1) is 6.81. The average Bonchev–Trinajstić information content (AvgIpc) is 2.60. The molecule has 5 atom stereocenters. The lowest BCUT2D eigenvalue weighted by Crippen LogP contribution is -2.27. The molecular formula is C13H23N.